The van der Waals surface area contributed by atoms with Gasteiger partial charge >= 0.3 is 6.09 Å². The third kappa shape index (κ3) is 4.95. The normalized spacial score (nSPS) is 16.2. The number of rotatable bonds is 4. The Bertz CT molecular complexity index is 1360. The summed E-state index contributed by atoms with van der Waals surface area (Å²) in [5, 5.41) is 16.0. The molecule has 0 aliphatic carbocycles. The predicted molar refractivity (Wildman–Crippen MR) is 135 cm³/mol. The molecule has 2 aromatic carbocycles. The number of aromatic hydroxyl groups is 1. The molecule has 1 amide bonds. The monoisotopic (exact) mass is 487 g/mol. The van der Waals surface area contributed by atoms with Gasteiger partial charge in [-0.3, -0.25) is 0 Å². The minimum absolute atomic E-state index is 0.113. The fourth-order valence-electron chi connectivity index (χ4n) is 4.37. The summed E-state index contributed by atoms with van der Waals surface area (Å²) < 4.78 is 13.3. The van der Waals surface area contributed by atoms with Crippen LogP contribution in [0.25, 0.3) is 22.3 Å². The van der Waals surface area contributed by atoms with Crippen LogP contribution in [0.3, 0.4) is 0 Å². The van der Waals surface area contributed by atoms with E-state index in [1.54, 1.807) is 9.58 Å². The zero-order valence-electron chi connectivity index (χ0n) is 20.6. The van der Waals surface area contributed by atoms with Crippen LogP contribution in [-0.2, 0) is 4.74 Å². The summed E-state index contributed by atoms with van der Waals surface area (Å²) in [7, 11) is 0. The molecule has 1 saturated heterocycles. The molecule has 3 heterocycles. The first kappa shape index (κ1) is 23.6. The van der Waals surface area contributed by atoms with Gasteiger partial charge in [0, 0.05) is 18.7 Å². The van der Waals surface area contributed by atoms with Crippen LogP contribution in [-0.4, -0.2) is 54.5 Å². The molecule has 0 saturated carbocycles. The smallest absolute Gasteiger partial charge is 0.410 e. The molecule has 1 atom stereocenters. The van der Waals surface area contributed by atoms with E-state index in [1.165, 1.54) is 6.33 Å². The lowest BCUT2D eigenvalue weighted by Crippen LogP contribution is -2.43. The van der Waals surface area contributed by atoms with Crippen molar-refractivity contribution in [2.45, 2.75) is 45.3 Å². The number of aromatic nitrogens is 4. The second-order valence-corrected chi connectivity index (χ2v) is 9.85. The lowest BCUT2D eigenvalue weighted by molar-refractivity contribution is 0.0169. The minimum atomic E-state index is -0.564. The fraction of sp³-hybridized carbons (Fsp3) is 0.333. The van der Waals surface area contributed by atoms with Gasteiger partial charge in [0.25, 0.3) is 0 Å². The number of piperidine rings is 1. The number of fused-ring (bicyclic) bond motifs is 1. The maximum absolute atomic E-state index is 12.7. The summed E-state index contributed by atoms with van der Waals surface area (Å²) in [5.41, 5.74) is 1.33. The van der Waals surface area contributed by atoms with Crippen molar-refractivity contribution in [1.29, 1.82) is 0 Å². The number of likely N-dealkylation sites (tertiary alicyclic amines) is 1. The van der Waals surface area contributed by atoms with Crippen LogP contribution >= 0.6 is 0 Å². The van der Waals surface area contributed by atoms with E-state index < -0.39 is 5.60 Å². The summed E-state index contributed by atoms with van der Waals surface area (Å²) in [6.45, 7) is 6.64. The number of hydrogen-bond acceptors (Lipinski definition) is 7. The molecule has 9 heteroatoms. The Kier molecular flexibility index (Phi) is 6.22. The van der Waals surface area contributed by atoms with Gasteiger partial charge in [-0.1, -0.05) is 18.2 Å². The summed E-state index contributed by atoms with van der Waals surface area (Å²) in [5.74, 6) is 1.30. The van der Waals surface area contributed by atoms with Crippen molar-refractivity contribution in [3.05, 3.63) is 60.9 Å². The molecule has 1 N–H and O–H groups in total. The number of hydrogen-bond donors (Lipinski definition) is 1. The highest BCUT2D eigenvalue weighted by atomic mass is 16.6. The fourth-order valence-corrected chi connectivity index (χ4v) is 4.37. The van der Waals surface area contributed by atoms with Gasteiger partial charge in [-0.05, 0) is 70.0 Å². The van der Waals surface area contributed by atoms with E-state index in [2.05, 4.69) is 9.97 Å². The van der Waals surface area contributed by atoms with Gasteiger partial charge < -0.3 is 19.5 Å². The molecular weight excluding hydrogens is 458 g/mol. The van der Waals surface area contributed by atoms with Crippen molar-refractivity contribution in [3.8, 4) is 28.6 Å². The number of nitrogens with zero attached hydrogens (tertiary/aromatic N) is 5. The van der Waals surface area contributed by atoms with Crippen molar-refractivity contribution in [3.63, 3.8) is 0 Å². The van der Waals surface area contributed by atoms with E-state index in [0.717, 1.165) is 24.2 Å². The van der Waals surface area contributed by atoms with Gasteiger partial charge in [0.2, 0.25) is 5.88 Å². The van der Waals surface area contributed by atoms with E-state index in [9.17, 15) is 9.90 Å². The zero-order chi connectivity index (χ0) is 25.3. The summed E-state index contributed by atoms with van der Waals surface area (Å²) in [6, 6.07) is 16.9. The molecule has 186 valence electrons. The maximum Gasteiger partial charge on any atom is 0.410 e. The molecule has 1 fully saturated rings. The van der Waals surface area contributed by atoms with Gasteiger partial charge in [-0.15, -0.1) is 0 Å². The molecule has 0 bridgehead atoms. The molecule has 0 spiro atoms. The lowest BCUT2D eigenvalue weighted by atomic mass is 10.1. The molecule has 1 unspecified atom stereocenters. The number of para-hydroxylation sites is 1. The van der Waals surface area contributed by atoms with Crippen molar-refractivity contribution >= 4 is 17.1 Å². The molecule has 2 aromatic heterocycles. The van der Waals surface area contributed by atoms with Crippen LogP contribution in [0.1, 0.15) is 39.7 Å². The van der Waals surface area contributed by atoms with Crippen LogP contribution < -0.4 is 4.74 Å². The van der Waals surface area contributed by atoms with Crippen molar-refractivity contribution in [1.82, 2.24) is 24.6 Å². The standard InChI is InChI=1S/C27H29N5O4/c1-27(2,3)36-26(34)31-15-7-8-19(16-31)32-24-22(25(33)29-17-28-24)23(30-32)18-11-13-21(14-12-18)35-20-9-5-4-6-10-20/h4-6,9-14,17,19H,7-8,15-16H2,1-3H3,(H,28,29,33). The topological polar surface area (TPSA) is 103 Å². The maximum atomic E-state index is 12.7. The average molecular weight is 488 g/mol. The predicted octanol–water partition coefficient (Wildman–Crippen LogP) is 5.56. The first-order chi connectivity index (χ1) is 17.3. The van der Waals surface area contributed by atoms with Crippen molar-refractivity contribution in [2.75, 3.05) is 13.1 Å². The highest BCUT2D eigenvalue weighted by Gasteiger charge is 2.31. The molecule has 1 aliphatic heterocycles. The molecule has 4 aromatic rings. The Hall–Kier alpha value is -4.14. The van der Waals surface area contributed by atoms with Gasteiger partial charge in [0.1, 0.15) is 34.5 Å². The van der Waals surface area contributed by atoms with Crippen LogP contribution in [0, 0.1) is 0 Å². The first-order valence-electron chi connectivity index (χ1n) is 12.0. The molecule has 0 radical (unpaired) electrons. The number of carbonyl (C=O) groups excluding carboxylic acids is 1. The van der Waals surface area contributed by atoms with Crippen LogP contribution in [0.2, 0.25) is 0 Å². The SMILES string of the molecule is CC(C)(C)OC(=O)N1CCCC(n2nc(-c3ccc(Oc4ccccc4)cc3)c3c(O)ncnc32)C1. The van der Waals surface area contributed by atoms with Gasteiger partial charge in [-0.25, -0.2) is 19.4 Å². The highest BCUT2D eigenvalue weighted by molar-refractivity contribution is 5.94. The Morgan fingerprint density at radius 3 is 2.47 bits per heavy atom. The van der Waals surface area contributed by atoms with E-state index in [0.29, 0.717) is 35.6 Å². The number of carbonyl (C=O) groups is 1. The van der Waals surface area contributed by atoms with Crippen LogP contribution in [0.5, 0.6) is 17.4 Å². The summed E-state index contributed by atoms with van der Waals surface area (Å²) in [6.07, 6.45) is 2.62. The third-order valence-electron chi connectivity index (χ3n) is 5.97. The van der Waals surface area contributed by atoms with Crippen molar-refractivity contribution < 1.29 is 19.4 Å². The van der Waals surface area contributed by atoms with Crippen molar-refractivity contribution in [2.24, 2.45) is 0 Å². The van der Waals surface area contributed by atoms with E-state index in [1.807, 2.05) is 75.4 Å². The highest BCUT2D eigenvalue weighted by Crippen LogP contribution is 2.36. The van der Waals surface area contributed by atoms with Gasteiger partial charge in [-0.2, -0.15) is 5.10 Å². The quantitative estimate of drug-likeness (QED) is 0.402. The Balaban J connectivity index is 1.45. The molecule has 5 rings (SSSR count). The average Bonchev–Trinajstić information content (AvgIpc) is 3.25. The molecule has 36 heavy (non-hydrogen) atoms. The van der Waals surface area contributed by atoms with Gasteiger partial charge in [0.05, 0.1) is 6.04 Å². The second kappa shape index (κ2) is 9.49. The van der Waals surface area contributed by atoms with E-state index >= 15 is 0 Å². The molecular formula is C27H29N5O4. The Labute approximate surface area is 209 Å². The molecule has 9 nitrogen and oxygen atoms in total. The first-order valence-corrected chi connectivity index (χ1v) is 12.0. The van der Waals surface area contributed by atoms with E-state index in [4.69, 9.17) is 14.6 Å². The largest absolute Gasteiger partial charge is 0.493 e. The van der Waals surface area contributed by atoms with Crippen LogP contribution in [0.4, 0.5) is 4.79 Å². The number of amides is 1. The lowest BCUT2D eigenvalue weighted by Gasteiger charge is -2.34. The number of ether oxygens (including phenoxy) is 2. The minimum Gasteiger partial charge on any atom is -0.493 e. The number of benzene rings is 2. The second-order valence-electron chi connectivity index (χ2n) is 9.85. The molecule has 1 aliphatic rings. The summed E-state index contributed by atoms with van der Waals surface area (Å²) in [4.78, 5) is 22.8. The third-order valence-corrected chi connectivity index (χ3v) is 5.97. The summed E-state index contributed by atoms with van der Waals surface area (Å²) >= 11 is 0. The van der Waals surface area contributed by atoms with Gasteiger partial charge in [0.15, 0.2) is 5.65 Å². The van der Waals surface area contributed by atoms with Crippen LogP contribution in [0.15, 0.2) is 60.9 Å². The zero-order valence-corrected chi connectivity index (χ0v) is 20.6. The Morgan fingerprint density at radius 1 is 1.03 bits per heavy atom. The van der Waals surface area contributed by atoms with E-state index in [-0.39, 0.29) is 18.0 Å². The Morgan fingerprint density at radius 2 is 1.75 bits per heavy atom.